The summed E-state index contributed by atoms with van der Waals surface area (Å²) >= 11 is 6.40. The number of hydrogen-bond donors (Lipinski definition) is 1. The SMILES string of the molecule is CCC1CN(Cc2c(Cl)cccc2OC)C(C(C)C)CN1. The molecule has 0 amide bonds. The zero-order chi connectivity index (χ0) is 15.4. The molecule has 2 atom stereocenters. The van der Waals surface area contributed by atoms with Crippen LogP contribution in [0.25, 0.3) is 0 Å². The average molecular weight is 311 g/mol. The zero-order valence-corrected chi connectivity index (χ0v) is 14.3. The summed E-state index contributed by atoms with van der Waals surface area (Å²) in [6.07, 6.45) is 1.15. The van der Waals surface area contributed by atoms with Crippen LogP contribution in [-0.4, -0.2) is 37.2 Å². The van der Waals surface area contributed by atoms with Crippen molar-refractivity contribution in [2.75, 3.05) is 20.2 Å². The molecule has 2 rings (SSSR count). The lowest BCUT2D eigenvalue weighted by atomic mass is 9.97. The van der Waals surface area contributed by atoms with E-state index in [9.17, 15) is 0 Å². The minimum Gasteiger partial charge on any atom is -0.496 e. The minimum absolute atomic E-state index is 0.536. The van der Waals surface area contributed by atoms with Crippen LogP contribution in [0.15, 0.2) is 18.2 Å². The van der Waals surface area contributed by atoms with E-state index >= 15 is 0 Å². The van der Waals surface area contributed by atoms with Gasteiger partial charge in [-0.2, -0.15) is 0 Å². The Bertz CT molecular complexity index is 464. The molecule has 0 radical (unpaired) electrons. The lowest BCUT2D eigenvalue weighted by Crippen LogP contribution is -2.57. The topological polar surface area (TPSA) is 24.5 Å². The Kier molecular flexibility index (Phi) is 5.91. The van der Waals surface area contributed by atoms with Crippen molar-refractivity contribution in [2.45, 2.75) is 45.8 Å². The van der Waals surface area contributed by atoms with Crippen LogP contribution in [0, 0.1) is 5.92 Å². The van der Waals surface area contributed by atoms with Crippen LogP contribution in [0.1, 0.15) is 32.8 Å². The standard InChI is InChI=1S/C17H27ClN2O/c1-5-13-10-20(16(9-19-13)12(2)3)11-14-15(18)7-6-8-17(14)21-4/h6-8,12-13,16,19H,5,9-11H2,1-4H3. The van der Waals surface area contributed by atoms with Crippen LogP contribution in [0.3, 0.4) is 0 Å². The molecule has 3 nitrogen and oxygen atoms in total. The van der Waals surface area contributed by atoms with Gasteiger partial charge in [-0.15, -0.1) is 0 Å². The molecule has 1 aliphatic heterocycles. The molecule has 21 heavy (non-hydrogen) atoms. The maximum Gasteiger partial charge on any atom is 0.124 e. The number of nitrogens with zero attached hydrogens (tertiary/aromatic N) is 1. The highest BCUT2D eigenvalue weighted by atomic mass is 35.5. The molecule has 118 valence electrons. The Hall–Kier alpha value is -0.770. The number of hydrogen-bond acceptors (Lipinski definition) is 3. The third-order valence-corrected chi connectivity index (χ3v) is 4.81. The van der Waals surface area contributed by atoms with E-state index in [-0.39, 0.29) is 0 Å². The Labute approximate surface area is 133 Å². The molecule has 1 N–H and O–H groups in total. The maximum absolute atomic E-state index is 6.40. The van der Waals surface area contributed by atoms with Crippen molar-refractivity contribution < 1.29 is 4.74 Å². The first kappa shape index (κ1) is 16.6. The molecule has 0 aliphatic carbocycles. The van der Waals surface area contributed by atoms with Gasteiger partial charge in [0.15, 0.2) is 0 Å². The molecule has 1 aliphatic rings. The first-order valence-electron chi connectivity index (χ1n) is 7.85. The number of benzene rings is 1. The van der Waals surface area contributed by atoms with E-state index in [0.29, 0.717) is 18.0 Å². The summed E-state index contributed by atoms with van der Waals surface area (Å²) in [6, 6.07) is 6.98. The third-order valence-electron chi connectivity index (χ3n) is 4.46. The van der Waals surface area contributed by atoms with Crippen molar-refractivity contribution in [3.8, 4) is 5.75 Å². The number of rotatable bonds is 5. The number of ether oxygens (including phenoxy) is 1. The quantitative estimate of drug-likeness (QED) is 0.900. The van der Waals surface area contributed by atoms with Gasteiger partial charge < -0.3 is 10.1 Å². The summed E-state index contributed by atoms with van der Waals surface area (Å²) in [7, 11) is 1.71. The predicted molar refractivity (Wildman–Crippen MR) is 89.1 cm³/mol. The molecule has 0 spiro atoms. The average Bonchev–Trinajstić information content (AvgIpc) is 2.48. The summed E-state index contributed by atoms with van der Waals surface area (Å²) in [6.45, 7) is 9.77. The highest BCUT2D eigenvalue weighted by Crippen LogP contribution is 2.29. The van der Waals surface area contributed by atoms with E-state index < -0.39 is 0 Å². The normalized spacial score (nSPS) is 23.5. The van der Waals surface area contributed by atoms with Gasteiger partial charge in [0.1, 0.15) is 5.75 Å². The highest BCUT2D eigenvalue weighted by molar-refractivity contribution is 6.31. The first-order chi connectivity index (χ1) is 10.1. The van der Waals surface area contributed by atoms with Gasteiger partial charge in [0.2, 0.25) is 0 Å². The largest absolute Gasteiger partial charge is 0.496 e. The second kappa shape index (κ2) is 7.48. The van der Waals surface area contributed by atoms with Crippen molar-refractivity contribution >= 4 is 11.6 Å². The Morgan fingerprint density at radius 2 is 2.19 bits per heavy atom. The summed E-state index contributed by atoms with van der Waals surface area (Å²) in [5, 5.41) is 4.45. The van der Waals surface area contributed by atoms with Crippen molar-refractivity contribution in [1.29, 1.82) is 0 Å². The third kappa shape index (κ3) is 3.91. The fourth-order valence-electron chi connectivity index (χ4n) is 3.10. The van der Waals surface area contributed by atoms with Gasteiger partial charge in [-0.1, -0.05) is 38.4 Å². The predicted octanol–water partition coefficient (Wildman–Crippen LogP) is 3.56. The summed E-state index contributed by atoms with van der Waals surface area (Å²) in [5.41, 5.74) is 1.10. The van der Waals surface area contributed by atoms with Crippen LogP contribution >= 0.6 is 11.6 Å². The lowest BCUT2D eigenvalue weighted by Gasteiger charge is -2.42. The first-order valence-corrected chi connectivity index (χ1v) is 8.23. The van der Waals surface area contributed by atoms with Crippen molar-refractivity contribution in [1.82, 2.24) is 10.2 Å². The number of methoxy groups -OCH3 is 1. The van der Waals surface area contributed by atoms with Gasteiger partial charge in [0.05, 0.1) is 7.11 Å². The van der Waals surface area contributed by atoms with Crippen molar-refractivity contribution in [2.24, 2.45) is 5.92 Å². The Morgan fingerprint density at radius 3 is 2.81 bits per heavy atom. The van der Waals surface area contributed by atoms with Gasteiger partial charge in [-0.05, 0) is 24.5 Å². The van der Waals surface area contributed by atoms with Gasteiger partial charge >= 0.3 is 0 Å². The van der Waals surface area contributed by atoms with E-state index in [1.54, 1.807) is 7.11 Å². The van der Waals surface area contributed by atoms with E-state index in [2.05, 4.69) is 31.0 Å². The van der Waals surface area contributed by atoms with Crippen LogP contribution in [0.5, 0.6) is 5.75 Å². The van der Waals surface area contributed by atoms with Gasteiger partial charge in [0.25, 0.3) is 0 Å². The summed E-state index contributed by atoms with van der Waals surface area (Å²) < 4.78 is 5.49. The van der Waals surface area contributed by atoms with Crippen LogP contribution in [0.4, 0.5) is 0 Å². The van der Waals surface area contributed by atoms with Gasteiger partial charge in [0, 0.05) is 42.3 Å². The number of nitrogens with one attached hydrogen (secondary N) is 1. The number of halogens is 1. The zero-order valence-electron chi connectivity index (χ0n) is 13.5. The molecule has 4 heteroatoms. The monoisotopic (exact) mass is 310 g/mol. The highest BCUT2D eigenvalue weighted by Gasteiger charge is 2.30. The molecule has 1 aromatic rings. The van der Waals surface area contributed by atoms with Crippen LogP contribution in [-0.2, 0) is 6.54 Å². The summed E-state index contributed by atoms with van der Waals surface area (Å²) in [5.74, 6) is 1.50. The fraction of sp³-hybridized carbons (Fsp3) is 0.647. The van der Waals surface area contributed by atoms with Gasteiger partial charge in [-0.3, -0.25) is 4.90 Å². The molecule has 1 heterocycles. The molecular formula is C17H27ClN2O. The molecule has 1 saturated heterocycles. The van der Waals surface area contributed by atoms with Crippen molar-refractivity contribution in [3.05, 3.63) is 28.8 Å². The van der Waals surface area contributed by atoms with Crippen LogP contribution in [0.2, 0.25) is 5.02 Å². The van der Waals surface area contributed by atoms with Gasteiger partial charge in [-0.25, -0.2) is 0 Å². The molecule has 1 aromatic carbocycles. The van der Waals surface area contributed by atoms with Crippen LogP contribution < -0.4 is 10.1 Å². The molecule has 0 saturated carbocycles. The maximum atomic E-state index is 6.40. The number of piperazine rings is 1. The Morgan fingerprint density at radius 1 is 1.43 bits per heavy atom. The van der Waals surface area contributed by atoms with E-state index in [1.807, 2.05) is 18.2 Å². The molecular weight excluding hydrogens is 284 g/mol. The molecule has 1 fully saturated rings. The van der Waals surface area contributed by atoms with E-state index in [1.165, 1.54) is 0 Å². The second-order valence-electron chi connectivity index (χ2n) is 6.17. The van der Waals surface area contributed by atoms with E-state index in [4.69, 9.17) is 16.3 Å². The fourth-order valence-corrected chi connectivity index (χ4v) is 3.32. The minimum atomic E-state index is 0.536. The lowest BCUT2D eigenvalue weighted by molar-refractivity contribution is 0.0892. The Balaban J connectivity index is 2.21. The molecule has 0 bridgehead atoms. The molecule has 2 unspecified atom stereocenters. The molecule has 0 aromatic heterocycles. The van der Waals surface area contributed by atoms with Crippen molar-refractivity contribution in [3.63, 3.8) is 0 Å². The summed E-state index contributed by atoms with van der Waals surface area (Å²) in [4.78, 5) is 2.55. The smallest absolute Gasteiger partial charge is 0.124 e. The van der Waals surface area contributed by atoms with E-state index in [0.717, 1.165) is 42.4 Å². The second-order valence-corrected chi connectivity index (χ2v) is 6.58.